The van der Waals surface area contributed by atoms with Gasteiger partial charge in [-0.2, -0.15) is 0 Å². The average molecular weight is 693 g/mol. The largest absolute Gasteiger partial charge is 0.387 e. The number of dihydropyridines is 1. The first kappa shape index (κ1) is 31.8. The van der Waals surface area contributed by atoms with Gasteiger partial charge in [-0.05, 0) is 100.0 Å². The highest BCUT2D eigenvalue weighted by Crippen LogP contribution is 2.46. The molecule has 0 amide bonds. The van der Waals surface area contributed by atoms with E-state index < -0.39 is 0 Å². The Hall–Kier alpha value is -6.91. The second-order valence-corrected chi connectivity index (χ2v) is 14.1. The van der Waals surface area contributed by atoms with E-state index in [-0.39, 0.29) is 0 Å². The number of benzene rings is 6. The molecule has 0 atom stereocenters. The van der Waals surface area contributed by atoms with Crippen LogP contribution in [0.15, 0.2) is 164 Å². The molecule has 1 aliphatic rings. The third-order valence-corrected chi connectivity index (χ3v) is 10.9. The molecule has 0 radical (unpaired) electrons. The number of rotatable bonds is 5. The van der Waals surface area contributed by atoms with Crippen molar-refractivity contribution in [1.82, 2.24) is 20.3 Å². The first-order valence-corrected chi connectivity index (χ1v) is 18.5. The van der Waals surface area contributed by atoms with Gasteiger partial charge in [0.05, 0.1) is 22.4 Å². The van der Waals surface area contributed by atoms with Gasteiger partial charge >= 0.3 is 0 Å². The van der Waals surface area contributed by atoms with Crippen molar-refractivity contribution >= 4 is 48.9 Å². The van der Waals surface area contributed by atoms with Crippen LogP contribution in [0.1, 0.15) is 16.7 Å². The van der Waals surface area contributed by atoms with Crippen LogP contribution >= 0.6 is 0 Å². The quantitative estimate of drug-likeness (QED) is 0.144. The molecular weight excluding hydrogens is 657 g/mol. The zero-order chi connectivity index (χ0) is 36.2. The normalized spacial score (nSPS) is 12.7. The summed E-state index contributed by atoms with van der Waals surface area (Å²) in [7, 11) is 0. The van der Waals surface area contributed by atoms with E-state index in [9.17, 15) is 0 Å². The molecule has 0 fully saturated rings. The maximum atomic E-state index is 5.56. The lowest BCUT2D eigenvalue weighted by Crippen LogP contribution is -2.08. The van der Waals surface area contributed by atoms with Gasteiger partial charge in [-0.3, -0.25) is 4.98 Å². The molecule has 10 rings (SSSR count). The number of hydrogen-bond donors (Lipinski definition) is 1. The molecule has 0 bridgehead atoms. The van der Waals surface area contributed by atoms with E-state index in [1.165, 1.54) is 32.7 Å². The summed E-state index contributed by atoms with van der Waals surface area (Å²) < 4.78 is 0. The minimum atomic E-state index is 0.833. The van der Waals surface area contributed by atoms with Crippen molar-refractivity contribution in [1.29, 1.82) is 0 Å². The molecule has 9 aromatic rings. The lowest BCUT2D eigenvalue weighted by atomic mass is 9.85. The molecule has 0 unspecified atom stereocenters. The first-order valence-electron chi connectivity index (χ1n) is 18.5. The number of allylic oxidation sites excluding steroid dienone is 2. The zero-order valence-corrected chi connectivity index (χ0v) is 30.1. The van der Waals surface area contributed by atoms with Crippen LogP contribution < -0.4 is 5.32 Å². The third kappa shape index (κ3) is 5.26. The summed E-state index contributed by atoms with van der Waals surface area (Å²) in [5.41, 5.74) is 15.3. The molecule has 0 spiro atoms. The lowest BCUT2D eigenvalue weighted by molar-refractivity contribution is 0.976. The van der Waals surface area contributed by atoms with Gasteiger partial charge in [0.2, 0.25) is 0 Å². The fourth-order valence-corrected chi connectivity index (χ4v) is 8.34. The minimum absolute atomic E-state index is 0.833. The summed E-state index contributed by atoms with van der Waals surface area (Å²) in [5.74, 6) is 0. The smallest absolute Gasteiger partial charge is 0.0791 e. The van der Waals surface area contributed by atoms with Gasteiger partial charge in [0.25, 0.3) is 0 Å². The fraction of sp³-hybridized carbons (Fsp3) is 0.0600. The van der Waals surface area contributed by atoms with Crippen molar-refractivity contribution in [3.8, 4) is 44.8 Å². The molecule has 54 heavy (non-hydrogen) atoms. The van der Waals surface area contributed by atoms with Crippen LogP contribution in [-0.4, -0.2) is 21.5 Å². The van der Waals surface area contributed by atoms with E-state index in [1.54, 1.807) is 0 Å². The molecule has 4 heteroatoms. The number of aromatic nitrogens is 3. The molecule has 3 aromatic heterocycles. The van der Waals surface area contributed by atoms with Gasteiger partial charge < -0.3 is 5.32 Å². The molecule has 1 aliphatic heterocycles. The number of hydrogen-bond acceptors (Lipinski definition) is 4. The molecule has 1 N–H and O–H groups in total. The Morgan fingerprint density at radius 3 is 1.72 bits per heavy atom. The highest BCUT2D eigenvalue weighted by Gasteiger charge is 2.23. The summed E-state index contributed by atoms with van der Waals surface area (Å²) in [5, 5.41) is 10.5. The van der Waals surface area contributed by atoms with E-state index in [4.69, 9.17) is 9.97 Å². The maximum absolute atomic E-state index is 5.56. The van der Waals surface area contributed by atoms with E-state index in [0.29, 0.717) is 0 Å². The summed E-state index contributed by atoms with van der Waals surface area (Å²) in [6.07, 6.45) is 10.2. The number of aryl methyl sites for hydroxylation is 2. The van der Waals surface area contributed by atoms with Crippen LogP contribution in [0.25, 0.3) is 93.7 Å². The van der Waals surface area contributed by atoms with Gasteiger partial charge in [0.1, 0.15) is 0 Å². The number of fused-ring (bicyclic) bond motifs is 6. The van der Waals surface area contributed by atoms with Gasteiger partial charge in [-0.25, -0.2) is 9.97 Å². The minimum Gasteiger partial charge on any atom is -0.387 e. The maximum Gasteiger partial charge on any atom is 0.0791 e. The Kier molecular flexibility index (Phi) is 7.62. The Balaban J connectivity index is 1.30. The van der Waals surface area contributed by atoms with Crippen molar-refractivity contribution in [3.05, 3.63) is 181 Å². The van der Waals surface area contributed by atoms with Crippen molar-refractivity contribution in [2.75, 3.05) is 6.54 Å². The standard InChI is InChI=1S/C50H36N4/c1-31-45-41-19-9-10-20-43(41)53-49(33-13-5-3-6-14-33)47(45)32(2)46-42-22-21-35(28-44(42)54-50(48(31)46)34-15-7-4-8-16-34)38-25-39(36-17-11-23-51-29-36)27-40(26-38)37-18-12-24-52-30-37/h3-23,25-30,52H,24H2,1-2H3. The second kappa shape index (κ2) is 12.9. The van der Waals surface area contributed by atoms with Crippen LogP contribution in [0.2, 0.25) is 0 Å². The topological polar surface area (TPSA) is 50.7 Å². The third-order valence-electron chi connectivity index (χ3n) is 10.9. The summed E-state index contributed by atoms with van der Waals surface area (Å²) in [6.45, 7) is 5.38. The summed E-state index contributed by atoms with van der Waals surface area (Å²) in [6, 6.07) is 47.5. The molecule has 0 saturated carbocycles. The SMILES string of the molecule is Cc1c2c(-c3ccccc3)nc3cc(-c4cc(C5=CNCC=C5)cc(-c5cccnc5)c4)ccc3c2c(C)c2c(-c3ccccc3)nc3ccccc3c12. The predicted molar refractivity (Wildman–Crippen MR) is 226 cm³/mol. The Labute approximate surface area is 314 Å². The lowest BCUT2D eigenvalue weighted by Gasteiger charge is -2.21. The molecular formula is C50H36N4. The second-order valence-electron chi connectivity index (χ2n) is 14.1. The zero-order valence-electron chi connectivity index (χ0n) is 30.1. The molecule has 4 nitrogen and oxygen atoms in total. The van der Waals surface area contributed by atoms with Crippen molar-refractivity contribution in [2.45, 2.75) is 13.8 Å². The molecule has 256 valence electrons. The summed E-state index contributed by atoms with van der Waals surface area (Å²) >= 11 is 0. The van der Waals surface area contributed by atoms with E-state index in [1.807, 2.05) is 18.5 Å². The highest BCUT2D eigenvalue weighted by atomic mass is 14.8. The van der Waals surface area contributed by atoms with Crippen LogP contribution in [0.4, 0.5) is 0 Å². The van der Waals surface area contributed by atoms with Gasteiger partial charge in [-0.1, -0.05) is 109 Å². The van der Waals surface area contributed by atoms with Crippen molar-refractivity contribution in [2.24, 2.45) is 0 Å². The predicted octanol–water partition coefficient (Wildman–Crippen LogP) is 12.3. The highest BCUT2D eigenvalue weighted by molar-refractivity contribution is 6.25. The average Bonchev–Trinajstić information content (AvgIpc) is 3.25. The number of para-hydroxylation sites is 1. The first-order chi connectivity index (χ1) is 26.6. The molecule has 0 saturated heterocycles. The number of nitrogens with zero attached hydrogens (tertiary/aromatic N) is 3. The Morgan fingerprint density at radius 1 is 0.481 bits per heavy atom. The summed E-state index contributed by atoms with van der Waals surface area (Å²) in [4.78, 5) is 15.3. The monoisotopic (exact) mass is 692 g/mol. The van der Waals surface area contributed by atoms with Crippen molar-refractivity contribution < 1.29 is 0 Å². The molecule has 6 aromatic carbocycles. The Bertz CT molecular complexity index is 2980. The number of pyridine rings is 3. The number of nitrogens with one attached hydrogen (secondary N) is 1. The van der Waals surface area contributed by atoms with Gasteiger partial charge in [0.15, 0.2) is 0 Å². The van der Waals surface area contributed by atoms with Crippen LogP contribution in [0, 0.1) is 13.8 Å². The van der Waals surface area contributed by atoms with Crippen LogP contribution in [0.3, 0.4) is 0 Å². The van der Waals surface area contributed by atoms with E-state index in [2.05, 4.69) is 170 Å². The molecule has 0 aliphatic carbocycles. The van der Waals surface area contributed by atoms with E-state index in [0.717, 1.165) is 84.3 Å². The Morgan fingerprint density at radius 2 is 1.07 bits per heavy atom. The van der Waals surface area contributed by atoms with Gasteiger partial charge in [0, 0.05) is 63.4 Å². The van der Waals surface area contributed by atoms with Crippen molar-refractivity contribution in [3.63, 3.8) is 0 Å². The van der Waals surface area contributed by atoms with Crippen LogP contribution in [-0.2, 0) is 0 Å². The van der Waals surface area contributed by atoms with Gasteiger partial charge in [-0.15, -0.1) is 0 Å². The van der Waals surface area contributed by atoms with Crippen LogP contribution in [0.5, 0.6) is 0 Å². The van der Waals surface area contributed by atoms with E-state index >= 15 is 0 Å². The molecule has 4 heterocycles. The fourth-order valence-electron chi connectivity index (χ4n) is 8.34.